The van der Waals surface area contributed by atoms with Gasteiger partial charge in [-0.05, 0) is 68.4 Å². The van der Waals surface area contributed by atoms with Crippen LogP contribution in [0.25, 0.3) is 0 Å². The average Bonchev–Trinajstić information content (AvgIpc) is 2.64. The second-order valence-electron chi connectivity index (χ2n) is 8.79. The molecule has 0 heterocycles. The van der Waals surface area contributed by atoms with Gasteiger partial charge in [0.1, 0.15) is 0 Å². The monoisotopic (exact) mass is 405 g/mol. The number of esters is 1. The lowest BCUT2D eigenvalue weighted by Crippen LogP contribution is -2.60. The van der Waals surface area contributed by atoms with Crippen molar-refractivity contribution in [1.29, 1.82) is 0 Å². The quantitative estimate of drug-likeness (QED) is 0.704. The van der Waals surface area contributed by atoms with Gasteiger partial charge >= 0.3 is 5.97 Å². The highest BCUT2D eigenvalue weighted by molar-refractivity contribution is 7.91. The van der Waals surface area contributed by atoms with Crippen molar-refractivity contribution in [2.45, 2.75) is 55.4 Å². The van der Waals surface area contributed by atoms with E-state index in [9.17, 15) is 18.0 Å². The molecule has 0 saturated heterocycles. The van der Waals surface area contributed by atoms with E-state index in [0.29, 0.717) is 0 Å². The number of carbonyl (C=O) groups excluding carboxylic acids is 2. The Bertz CT molecular complexity index is 814. The molecule has 1 aromatic rings. The van der Waals surface area contributed by atoms with Crippen molar-refractivity contribution in [2.75, 3.05) is 12.4 Å². The molecule has 6 nitrogen and oxygen atoms in total. The Hall–Kier alpha value is -1.89. The predicted octanol–water partition coefficient (Wildman–Crippen LogP) is 2.48. The zero-order valence-electron chi connectivity index (χ0n) is 15.9. The molecule has 152 valence electrons. The molecule has 4 aliphatic carbocycles. The molecule has 0 aliphatic heterocycles. The smallest absolute Gasteiger partial charge is 0.307 e. The fraction of sp³-hybridized carbons (Fsp3) is 0.619. The van der Waals surface area contributed by atoms with E-state index in [1.165, 1.54) is 31.4 Å². The summed E-state index contributed by atoms with van der Waals surface area (Å²) in [6.07, 6.45) is 6.72. The van der Waals surface area contributed by atoms with E-state index >= 15 is 0 Å². The molecule has 28 heavy (non-hydrogen) atoms. The summed E-state index contributed by atoms with van der Waals surface area (Å²) in [5, 5.41) is 3.14. The number of hydrogen-bond acceptors (Lipinski definition) is 5. The Morgan fingerprint density at radius 3 is 2.14 bits per heavy atom. The van der Waals surface area contributed by atoms with E-state index in [2.05, 4.69) is 5.32 Å². The lowest BCUT2D eigenvalue weighted by atomic mass is 9.53. The van der Waals surface area contributed by atoms with Crippen molar-refractivity contribution in [3.63, 3.8) is 0 Å². The number of amides is 1. The van der Waals surface area contributed by atoms with Crippen molar-refractivity contribution in [1.82, 2.24) is 5.32 Å². The number of benzene rings is 1. The summed E-state index contributed by atoms with van der Waals surface area (Å²) in [5.41, 5.74) is -0.116. The van der Waals surface area contributed by atoms with E-state index in [0.717, 1.165) is 37.0 Å². The molecule has 4 saturated carbocycles. The van der Waals surface area contributed by atoms with Crippen LogP contribution >= 0.6 is 0 Å². The molecule has 0 spiro atoms. The maximum absolute atomic E-state index is 12.3. The van der Waals surface area contributed by atoms with Gasteiger partial charge in [0.25, 0.3) is 5.91 Å². The molecule has 4 aliphatic rings. The third-order valence-electron chi connectivity index (χ3n) is 6.48. The van der Waals surface area contributed by atoms with Crippen molar-refractivity contribution in [3.05, 3.63) is 30.3 Å². The van der Waals surface area contributed by atoms with Crippen LogP contribution in [0.2, 0.25) is 0 Å². The van der Waals surface area contributed by atoms with Gasteiger partial charge in [-0.3, -0.25) is 9.59 Å². The standard InChI is InChI=1S/C21H27NO5S/c23-19(22-21-11-15-8-16(12-21)10-17(9-15)13-21)14-27-20(24)6-7-28(25,26)18-4-2-1-3-5-18/h1-5,15-17H,6-14H2,(H,22,23). The first-order valence-electron chi connectivity index (χ1n) is 10.1. The summed E-state index contributed by atoms with van der Waals surface area (Å²) in [6, 6.07) is 8.01. The minimum atomic E-state index is -3.53. The van der Waals surface area contributed by atoms with Crippen LogP contribution in [0.3, 0.4) is 0 Å². The molecular formula is C21H27NO5S. The molecule has 1 aromatic carbocycles. The fourth-order valence-corrected chi connectivity index (χ4v) is 7.02. The lowest BCUT2D eigenvalue weighted by Gasteiger charge is -2.56. The average molecular weight is 406 g/mol. The second-order valence-corrected chi connectivity index (χ2v) is 10.9. The van der Waals surface area contributed by atoms with Crippen molar-refractivity contribution in [3.8, 4) is 0 Å². The van der Waals surface area contributed by atoms with Gasteiger partial charge in [0.15, 0.2) is 16.4 Å². The largest absolute Gasteiger partial charge is 0.456 e. The molecule has 0 atom stereocenters. The van der Waals surface area contributed by atoms with E-state index in [4.69, 9.17) is 4.74 Å². The SMILES string of the molecule is O=C(COC(=O)CCS(=O)(=O)c1ccccc1)NC12CC3CC(CC(C3)C1)C2. The Labute approximate surface area is 165 Å². The molecule has 4 bridgehead atoms. The molecule has 4 fully saturated rings. The van der Waals surface area contributed by atoms with Gasteiger partial charge in [-0.15, -0.1) is 0 Å². The molecule has 1 N–H and O–H groups in total. The number of nitrogens with one attached hydrogen (secondary N) is 1. The Kier molecular flexibility index (Phi) is 5.21. The van der Waals surface area contributed by atoms with Gasteiger partial charge in [-0.2, -0.15) is 0 Å². The fourth-order valence-electron chi connectivity index (χ4n) is 5.78. The molecule has 7 heteroatoms. The minimum absolute atomic E-state index is 0.116. The highest BCUT2D eigenvalue weighted by Crippen LogP contribution is 2.55. The topological polar surface area (TPSA) is 89.5 Å². The number of sulfone groups is 1. The summed E-state index contributed by atoms with van der Waals surface area (Å²) in [6.45, 7) is -0.341. The van der Waals surface area contributed by atoms with E-state index in [1.807, 2.05) is 0 Å². The van der Waals surface area contributed by atoms with Gasteiger partial charge in [0, 0.05) is 5.54 Å². The van der Waals surface area contributed by atoms with Crippen LogP contribution in [0.15, 0.2) is 35.2 Å². The molecule has 5 rings (SSSR count). The summed E-state index contributed by atoms with van der Waals surface area (Å²) in [5.74, 6) is 0.889. The summed E-state index contributed by atoms with van der Waals surface area (Å²) in [4.78, 5) is 24.5. The first-order chi connectivity index (χ1) is 13.3. The predicted molar refractivity (Wildman–Crippen MR) is 103 cm³/mol. The normalized spacial score (nSPS) is 30.8. The highest BCUT2D eigenvalue weighted by atomic mass is 32.2. The Balaban J connectivity index is 1.23. The van der Waals surface area contributed by atoms with Gasteiger partial charge in [-0.25, -0.2) is 8.42 Å². The number of rotatable bonds is 7. The maximum Gasteiger partial charge on any atom is 0.307 e. The van der Waals surface area contributed by atoms with Crippen LogP contribution in [0.5, 0.6) is 0 Å². The third-order valence-corrected chi connectivity index (χ3v) is 8.22. The Morgan fingerprint density at radius 1 is 1.00 bits per heavy atom. The van der Waals surface area contributed by atoms with Crippen molar-refractivity contribution < 1.29 is 22.7 Å². The second kappa shape index (κ2) is 7.50. The van der Waals surface area contributed by atoms with Crippen LogP contribution < -0.4 is 5.32 Å². The van der Waals surface area contributed by atoms with E-state index in [-0.39, 0.29) is 35.1 Å². The van der Waals surface area contributed by atoms with E-state index < -0.39 is 15.8 Å². The maximum atomic E-state index is 12.3. The van der Waals surface area contributed by atoms with Crippen LogP contribution in [-0.2, 0) is 24.2 Å². The van der Waals surface area contributed by atoms with Crippen LogP contribution in [0.1, 0.15) is 44.9 Å². The summed E-state index contributed by atoms with van der Waals surface area (Å²) < 4.78 is 29.4. The van der Waals surface area contributed by atoms with Crippen LogP contribution in [0.4, 0.5) is 0 Å². The molecule has 1 amide bonds. The minimum Gasteiger partial charge on any atom is -0.456 e. The van der Waals surface area contributed by atoms with Gasteiger partial charge in [-0.1, -0.05) is 18.2 Å². The van der Waals surface area contributed by atoms with Crippen molar-refractivity contribution >= 4 is 21.7 Å². The summed E-state index contributed by atoms with van der Waals surface area (Å²) in [7, 11) is -3.53. The van der Waals surface area contributed by atoms with Crippen molar-refractivity contribution in [2.24, 2.45) is 17.8 Å². The summed E-state index contributed by atoms with van der Waals surface area (Å²) >= 11 is 0. The number of carbonyl (C=O) groups is 2. The number of hydrogen-bond donors (Lipinski definition) is 1. The lowest BCUT2D eigenvalue weighted by molar-refractivity contribution is -0.149. The molecular weight excluding hydrogens is 378 g/mol. The first-order valence-corrected chi connectivity index (χ1v) is 11.7. The van der Waals surface area contributed by atoms with Crippen LogP contribution in [0, 0.1) is 17.8 Å². The first kappa shape index (κ1) is 19.4. The Morgan fingerprint density at radius 2 is 1.57 bits per heavy atom. The van der Waals surface area contributed by atoms with Gasteiger partial charge in [0.05, 0.1) is 17.1 Å². The third kappa shape index (κ3) is 4.24. The van der Waals surface area contributed by atoms with Crippen LogP contribution in [-0.4, -0.2) is 38.2 Å². The number of ether oxygens (including phenoxy) is 1. The highest BCUT2D eigenvalue weighted by Gasteiger charge is 2.51. The molecule has 0 aromatic heterocycles. The molecule has 0 unspecified atom stereocenters. The zero-order chi connectivity index (χ0) is 19.8. The van der Waals surface area contributed by atoms with E-state index in [1.54, 1.807) is 18.2 Å². The zero-order valence-corrected chi connectivity index (χ0v) is 16.7. The van der Waals surface area contributed by atoms with Gasteiger partial charge < -0.3 is 10.1 Å². The van der Waals surface area contributed by atoms with Gasteiger partial charge in [0.2, 0.25) is 0 Å². The molecule has 0 radical (unpaired) electrons.